The number of aryl methyl sites for hydroxylation is 1. The summed E-state index contributed by atoms with van der Waals surface area (Å²) in [5.41, 5.74) is 1.79. The molecule has 2 aromatic rings. The van der Waals surface area contributed by atoms with E-state index in [1.807, 2.05) is 11.5 Å². The Bertz CT molecular complexity index is 605. The molecule has 0 bridgehead atoms. The average Bonchev–Trinajstić information content (AvgIpc) is 2.52. The van der Waals surface area contributed by atoms with Crippen LogP contribution in [0.25, 0.3) is 10.9 Å². The normalized spacial score (nSPS) is 14.1. The van der Waals surface area contributed by atoms with E-state index < -0.39 is 11.6 Å². The van der Waals surface area contributed by atoms with Crippen molar-refractivity contribution in [3.8, 4) is 0 Å². The molecule has 104 valence electrons. The van der Waals surface area contributed by atoms with Gasteiger partial charge in [0.1, 0.15) is 11.6 Å². The summed E-state index contributed by atoms with van der Waals surface area (Å²) in [6.07, 6.45) is 0.954. The van der Waals surface area contributed by atoms with Crippen molar-refractivity contribution >= 4 is 10.9 Å². The van der Waals surface area contributed by atoms with E-state index in [2.05, 4.69) is 27.7 Å². The van der Waals surface area contributed by atoms with Gasteiger partial charge in [-0.3, -0.25) is 0 Å². The molecule has 0 N–H and O–H groups in total. The van der Waals surface area contributed by atoms with E-state index in [0.29, 0.717) is 10.9 Å². The smallest absolute Gasteiger partial charge is 0.135 e. The van der Waals surface area contributed by atoms with Crippen LogP contribution in [0.5, 0.6) is 0 Å². The van der Waals surface area contributed by atoms with Crippen molar-refractivity contribution in [3.05, 3.63) is 35.5 Å². The lowest BCUT2D eigenvalue weighted by Gasteiger charge is -2.26. The molecule has 0 saturated heterocycles. The molecule has 3 heteroatoms. The van der Waals surface area contributed by atoms with E-state index in [0.717, 1.165) is 18.2 Å². The molecular weight excluding hydrogens is 244 g/mol. The van der Waals surface area contributed by atoms with E-state index >= 15 is 0 Å². The molecule has 0 spiro atoms. The van der Waals surface area contributed by atoms with Crippen LogP contribution >= 0.6 is 0 Å². The fourth-order valence-corrected chi connectivity index (χ4v) is 2.94. The number of hydrogen-bond donors (Lipinski definition) is 0. The van der Waals surface area contributed by atoms with Crippen molar-refractivity contribution in [2.75, 3.05) is 0 Å². The van der Waals surface area contributed by atoms with Gasteiger partial charge in [-0.2, -0.15) is 0 Å². The number of fused-ring (bicyclic) bond motifs is 1. The summed E-state index contributed by atoms with van der Waals surface area (Å²) in [6, 6.07) is 4.37. The van der Waals surface area contributed by atoms with Gasteiger partial charge >= 0.3 is 0 Å². The minimum absolute atomic E-state index is 0.175. The Morgan fingerprint density at radius 3 is 2.37 bits per heavy atom. The molecule has 0 radical (unpaired) electrons. The maximum absolute atomic E-state index is 13.8. The summed E-state index contributed by atoms with van der Waals surface area (Å²) in [6.45, 7) is 10.6. The van der Waals surface area contributed by atoms with Gasteiger partial charge in [-0.15, -0.1) is 0 Å². The Morgan fingerprint density at radius 2 is 1.79 bits per heavy atom. The van der Waals surface area contributed by atoms with Crippen LogP contribution in [0.2, 0.25) is 0 Å². The highest BCUT2D eigenvalue weighted by Gasteiger charge is 2.20. The SMILES string of the molecule is Cc1cc2c(F)cc(F)cc2n1C(C)CC(C)(C)C. The second kappa shape index (κ2) is 4.62. The van der Waals surface area contributed by atoms with Crippen molar-refractivity contribution in [2.45, 2.75) is 47.1 Å². The summed E-state index contributed by atoms with van der Waals surface area (Å²) in [4.78, 5) is 0. The lowest BCUT2D eigenvalue weighted by atomic mass is 9.88. The van der Waals surface area contributed by atoms with Crippen LogP contribution in [0.15, 0.2) is 18.2 Å². The number of nitrogens with zero attached hydrogens (tertiary/aromatic N) is 1. The molecule has 0 aliphatic carbocycles. The van der Waals surface area contributed by atoms with Crippen molar-refractivity contribution in [1.82, 2.24) is 4.57 Å². The van der Waals surface area contributed by atoms with Gasteiger partial charge in [0, 0.05) is 23.2 Å². The van der Waals surface area contributed by atoms with Crippen molar-refractivity contribution < 1.29 is 8.78 Å². The lowest BCUT2D eigenvalue weighted by Crippen LogP contribution is -2.15. The Labute approximate surface area is 113 Å². The molecule has 0 aliphatic rings. The van der Waals surface area contributed by atoms with Gasteiger partial charge in [-0.1, -0.05) is 20.8 Å². The zero-order valence-corrected chi connectivity index (χ0v) is 12.2. The van der Waals surface area contributed by atoms with Gasteiger partial charge in [-0.25, -0.2) is 8.78 Å². The highest BCUT2D eigenvalue weighted by Crippen LogP contribution is 2.33. The molecule has 0 aliphatic heterocycles. The maximum atomic E-state index is 13.8. The predicted molar refractivity (Wildman–Crippen MR) is 75.4 cm³/mol. The Balaban J connectivity index is 2.57. The van der Waals surface area contributed by atoms with E-state index in [1.54, 1.807) is 6.07 Å². The molecule has 1 nitrogen and oxygen atoms in total. The van der Waals surface area contributed by atoms with Crippen LogP contribution in [-0.2, 0) is 0 Å². The first kappa shape index (κ1) is 14.0. The summed E-state index contributed by atoms with van der Waals surface area (Å²) in [5, 5.41) is 0.500. The van der Waals surface area contributed by atoms with Gasteiger partial charge in [0.15, 0.2) is 0 Å². The number of benzene rings is 1. The third kappa shape index (κ3) is 2.80. The summed E-state index contributed by atoms with van der Waals surface area (Å²) >= 11 is 0. The summed E-state index contributed by atoms with van der Waals surface area (Å²) < 4.78 is 29.3. The van der Waals surface area contributed by atoms with Crippen LogP contribution < -0.4 is 0 Å². The summed E-state index contributed by atoms with van der Waals surface area (Å²) in [5.74, 6) is -1.01. The van der Waals surface area contributed by atoms with E-state index in [1.165, 1.54) is 6.07 Å². The van der Waals surface area contributed by atoms with Gasteiger partial charge in [0.2, 0.25) is 0 Å². The number of halogens is 2. The first-order valence-corrected chi connectivity index (χ1v) is 6.65. The number of hydrogen-bond acceptors (Lipinski definition) is 0. The predicted octanol–water partition coefficient (Wildman–Crippen LogP) is 5.23. The van der Waals surface area contributed by atoms with Crippen LogP contribution in [0.3, 0.4) is 0 Å². The third-order valence-corrected chi connectivity index (χ3v) is 3.41. The molecule has 1 heterocycles. The zero-order chi connectivity index (χ0) is 14.4. The van der Waals surface area contributed by atoms with Crippen molar-refractivity contribution in [3.63, 3.8) is 0 Å². The summed E-state index contributed by atoms with van der Waals surface area (Å²) in [7, 11) is 0. The molecule has 0 amide bonds. The largest absolute Gasteiger partial charge is 0.342 e. The van der Waals surface area contributed by atoms with Crippen LogP contribution in [0.1, 0.15) is 45.9 Å². The molecule has 0 saturated carbocycles. The molecule has 1 aromatic carbocycles. The Kier molecular flexibility index (Phi) is 3.41. The first-order chi connectivity index (χ1) is 8.69. The Morgan fingerprint density at radius 1 is 1.16 bits per heavy atom. The standard InChI is InChI=1S/C16H21F2N/c1-10-6-13-14(18)7-12(17)8-15(13)19(10)11(2)9-16(3,4)5/h6-8,11H,9H2,1-5H3. The fourth-order valence-electron chi connectivity index (χ4n) is 2.94. The van der Waals surface area contributed by atoms with Gasteiger partial charge in [0.05, 0.1) is 5.52 Å². The van der Waals surface area contributed by atoms with Gasteiger partial charge < -0.3 is 4.57 Å². The maximum Gasteiger partial charge on any atom is 0.135 e. The quantitative estimate of drug-likeness (QED) is 0.701. The van der Waals surface area contributed by atoms with Crippen LogP contribution in [-0.4, -0.2) is 4.57 Å². The first-order valence-electron chi connectivity index (χ1n) is 6.65. The second-order valence-electron chi connectivity index (χ2n) is 6.59. The van der Waals surface area contributed by atoms with Gasteiger partial charge in [-0.05, 0) is 37.8 Å². The third-order valence-electron chi connectivity index (χ3n) is 3.41. The molecular formula is C16H21F2N. The van der Waals surface area contributed by atoms with Crippen molar-refractivity contribution in [1.29, 1.82) is 0 Å². The molecule has 1 aromatic heterocycles. The monoisotopic (exact) mass is 265 g/mol. The topological polar surface area (TPSA) is 4.93 Å². The average molecular weight is 265 g/mol. The minimum Gasteiger partial charge on any atom is -0.342 e. The van der Waals surface area contributed by atoms with Crippen LogP contribution in [0, 0.1) is 24.0 Å². The highest BCUT2D eigenvalue weighted by atomic mass is 19.1. The fraction of sp³-hybridized carbons (Fsp3) is 0.500. The highest BCUT2D eigenvalue weighted by molar-refractivity contribution is 5.82. The van der Waals surface area contributed by atoms with E-state index in [4.69, 9.17) is 0 Å². The van der Waals surface area contributed by atoms with Crippen molar-refractivity contribution in [2.24, 2.45) is 5.41 Å². The Hall–Kier alpha value is -1.38. The number of aromatic nitrogens is 1. The minimum atomic E-state index is -0.521. The second-order valence-corrected chi connectivity index (χ2v) is 6.59. The van der Waals surface area contributed by atoms with Crippen LogP contribution in [0.4, 0.5) is 8.78 Å². The molecule has 0 fully saturated rings. The molecule has 1 atom stereocenters. The molecule has 1 unspecified atom stereocenters. The van der Waals surface area contributed by atoms with E-state index in [9.17, 15) is 8.78 Å². The number of rotatable bonds is 2. The van der Waals surface area contributed by atoms with E-state index in [-0.39, 0.29) is 11.5 Å². The molecule has 2 rings (SSSR count). The molecule has 19 heavy (non-hydrogen) atoms. The zero-order valence-electron chi connectivity index (χ0n) is 12.2. The lowest BCUT2D eigenvalue weighted by molar-refractivity contribution is 0.308. The van der Waals surface area contributed by atoms with Gasteiger partial charge in [0.25, 0.3) is 0 Å².